The van der Waals surface area contributed by atoms with Gasteiger partial charge in [-0.05, 0) is 37.6 Å². The van der Waals surface area contributed by atoms with Crippen molar-refractivity contribution in [2.24, 2.45) is 0 Å². The molecule has 0 fully saturated rings. The Balaban J connectivity index is 2.42. The predicted octanol–water partition coefficient (Wildman–Crippen LogP) is 2.30. The molecule has 0 aliphatic carbocycles. The summed E-state index contributed by atoms with van der Waals surface area (Å²) in [6, 6.07) is 5.03. The summed E-state index contributed by atoms with van der Waals surface area (Å²) in [5.41, 5.74) is 0.847. The summed E-state index contributed by atoms with van der Waals surface area (Å²) >= 11 is 5.85. The zero-order valence-electron chi connectivity index (χ0n) is 10.2. The second-order valence-electron chi connectivity index (χ2n) is 3.47. The van der Waals surface area contributed by atoms with E-state index >= 15 is 0 Å². The second-order valence-corrected chi connectivity index (χ2v) is 3.88. The van der Waals surface area contributed by atoms with Crippen molar-refractivity contribution < 1.29 is 19.1 Å². The van der Waals surface area contributed by atoms with Crippen LogP contribution in [0.1, 0.15) is 12.5 Å². The highest BCUT2D eigenvalue weighted by Crippen LogP contribution is 2.20. The van der Waals surface area contributed by atoms with E-state index in [-0.39, 0.29) is 13.2 Å². The molecule has 0 unspecified atom stereocenters. The van der Waals surface area contributed by atoms with Gasteiger partial charge in [-0.15, -0.1) is 0 Å². The average molecular weight is 272 g/mol. The number of aryl methyl sites for hydroxylation is 1. The van der Waals surface area contributed by atoms with Gasteiger partial charge in [0.1, 0.15) is 5.75 Å². The maximum absolute atomic E-state index is 11.3. The fourth-order valence-corrected chi connectivity index (χ4v) is 1.29. The van der Waals surface area contributed by atoms with Crippen molar-refractivity contribution in [1.82, 2.24) is 5.32 Å². The summed E-state index contributed by atoms with van der Waals surface area (Å²) in [7, 11) is 0. The first kappa shape index (κ1) is 14.3. The lowest BCUT2D eigenvalue weighted by Crippen LogP contribution is -2.34. The van der Waals surface area contributed by atoms with Crippen molar-refractivity contribution in [3.8, 4) is 5.75 Å². The number of carbonyl (C=O) groups excluding carboxylic acids is 2. The third-order valence-corrected chi connectivity index (χ3v) is 2.44. The number of ether oxygens (including phenoxy) is 2. The van der Waals surface area contributed by atoms with E-state index in [1.54, 1.807) is 25.1 Å². The second kappa shape index (κ2) is 6.86. The van der Waals surface area contributed by atoms with Crippen molar-refractivity contribution in [3.05, 3.63) is 28.8 Å². The molecule has 0 heterocycles. The summed E-state index contributed by atoms with van der Waals surface area (Å²) in [4.78, 5) is 22.2. The third kappa shape index (κ3) is 4.63. The number of alkyl carbamates (subject to hydrolysis) is 1. The number of imide groups is 1. The number of rotatable bonds is 4. The maximum atomic E-state index is 11.3. The first-order valence-electron chi connectivity index (χ1n) is 5.38. The van der Waals surface area contributed by atoms with Gasteiger partial charge in [0, 0.05) is 5.02 Å². The minimum Gasteiger partial charge on any atom is -0.484 e. The predicted molar refractivity (Wildman–Crippen MR) is 66.8 cm³/mol. The molecule has 0 aromatic heterocycles. The van der Waals surface area contributed by atoms with Gasteiger partial charge in [0.25, 0.3) is 5.91 Å². The molecule has 0 aliphatic rings. The molecule has 5 nitrogen and oxygen atoms in total. The van der Waals surface area contributed by atoms with Crippen LogP contribution in [0.4, 0.5) is 4.79 Å². The molecular formula is C12H14ClNO4. The molecular weight excluding hydrogens is 258 g/mol. The fraction of sp³-hybridized carbons (Fsp3) is 0.333. The lowest BCUT2D eigenvalue weighted by Gasteiger charge is -2.07. The number of halogens is 1. The Labute approximate surface area is 110 Å². The van der Waals surface area contributed by atoms with Crippen LogP contribution in [0.2, 0.25) is 5.02 Å². The molecule has 2 amide bonds. The first-order valence-corrected chi connectivity index (χ1v) is 5.76. The molecule has 1 aromatic carbocycles. The van der Waals surface area contributed by atoms with E-state index < -0.39 is 12.0 Å². The average Bonchev–Trinajstić information content (AvgIpc) is 2.31. The van der Waals surface area contributed by atoms with Crippen molar-refractivity contribution in [2.45, 2.75) is 13.8 Å². The molecule has 18 heavy (non-hydrogen) atoms. The molecule has 0 spiro atoms. The standard InChI is InChI=1S/C12H14ClNO4/c1-3-17-12(16)14-11(15)7-18-9-4-5-10(13)8(2)6-9/h4-6H,3,7H2,1-2H3,(H,14,15,16). The van der Waals surface area contributed by atoms with Crippen LogP contribution in [0.5, 0.6) is 5.75 Å². The zero-order chi connectivity index (χ0) is 13.5. The molecule has 0 radical (unpaired) electrons. The van der Waals surface area contributed by atoms with E-state index in [9.17, 15) is 9.59 Å². The fourth-order valence-electron chi connectivity index (χ4n) is 1.17. The Hall–Kier alpha value is -1.75. The van der Waals surface area contributed by atoms with Gasteiger partial charge in [0.15, 0.2) is 6.61 Å². The monoisotopic (exact) mass is 271 g/mol. The van der Waals surface area contributed by atoms with Gasteiger partial charge in [-0.25, -0.2) is 4.79 Å². The highest BCUT2D eigenvalue weighted by Gasteiger charge is 2.09. The zero-order valence-corrected chi connectivity index (χ0v) is 10.9. The normalized spacial score (nSPS) is 9.72. The number of carbonyl (C=O) groups is 2. The highest BCUT2D eigenvalue weighted by atomic mass is 35.5. The molecule has 98 valence electrons. The van der Waals surface area contributed by atoms with E-state index in [2.05, 4.69) is 4.74 Å². The molecule has 0 bridgehead atoms. The Morgan fingerprint density at radius 2 is 2.11 bits per heavy atom. The molecule has 0 aliphatic heterocycles. The summed E-state index contributed by atoms with van der Waals surface area (Å²) < 4.78 is 9.76. The SMILES string of the molecule is CCOC(=O)NC(=O)COc1ccc(Cl)c(C)c1. The summed E-state index contributed by atoms with van der Waals surface area (Å²) in [6.45, 7) is 3.42. The number of nitrogens with one attached hydrogen (secondary N) is 1. The summed E-state index contributed by atoms with van der Waals surface area (Å²) in [5, 5.41) is 2.65. The Morgan fingerprint density at radius 3 is 2.72 bits per heavy atom. The van der Waals surface area contributed by atoms with Gasteiger partial charge in [-0.3, -0.25) is 10.1 Å². The smallest absolute Gasteiger partial charge is 0.413 e. The van der Waals surface area contributed by atoms with Crippen LogP contribution >= 0.6 is 11.6 Å². The van der Waals surface area contributed by atoms with Crippen molar-refractivity contribution in [3.63, 3.8) is 0 Å². The van der Waals surface area contributed by atoms with Gasteiger partial charge >= 0.3 is 6.09 Å². The number of benzene rings is 1. The van der Waals surface area contributed by atoms with E-state index in [4.69, 9.17) is 16.3 Å². The number of amides is 2. The van der Waals surface area contributed by atoms with Crippen molar-refractivity contribution >= 4 is 23.6 Å². The quantitative estimate of drug-likeness (QED) is 0.913. The van der Waals surface area contributed by atoms with Gasteiger partial charge in [-0.1, -0.05) is 11.6 Å². The topological polar surface area (TPSA) is 64.6 Å². The van der Waals surface area contributed by atoms with Gasteiger partial charge in [0.05, 0.1) is 6.61 Å². The van der Waals surface area contributed by atoms with Gasteiger partial charge in [0.2, 0.25) is 0 Å². The lowest BCUT2D eigenvalue weighted by atomic mass is 10.2. The van der Waals surface area contributed by atoms with Crippen LogP contribution < -0.4 is 10.1 Å². The van der Waals surface area contributed by atoms with Crippen LogP contribution in [0.3, 0.4) is 0 Å². The number of hydrogen-bond donors (Lipinski definition) is 1. The van der Waals surface area contributed by atoms with E-state index in [0.29, 0.717) is 10.8 Å². The van der Waals surface area contributed by atoms with Crippen molar-refractivity contribution in [2.75, 3.05) is 13.2 Å². The molecule has 6 heteroatoms. The minimum atomic E-state index is -0.779. The van der Waals surface area contributed by atoms with Crippen molar-refractivity contribution in [1.29, 1.82) is 0 Å². The minimum absolute atomic E-state index is 0.205. The Bertz CT molecular complexity index is 448. The van der Waals surface area contributed by atoms with Gasteiger partial charge < -0.3 is 9.47 Å². The van der Waals surface area contributed by atoms with Crippen LogP contribution in [0.15, 0.2) is 18.2 Å². The van der Waals surface area contributed by atoms with E-state index in [0.717, 1.165) is 5.56 Å². The lowest BCUT2D eigenvalue weighted by molar-refractivity contribution is -0.122. The Morgan fingerprint density at radius 1 is 1.39 bits per heavy atom. The third-order valence-electron chi connectivity index (χ3n) is 2.02. The molecule has 0 saturated carbocycles. The van der Waals surface area contributed by atoms with Crippen LogP contribution in [0.25, 0.3) is 0 Å². The van der Waals surface area contributed by atoms with Crippen LogP contribution in [0, 0.1) is 6.92 Å². The maximum Gasteiger partial charge on any atom is 0.413 e. The molecule has 1 rings (SSSR count). The van der Waals surface area contributed by atoms with E-state index in [1.807, 2.05) is 12.2 Å². The molecule has 0 atom stereocenters. The molecule has 1 N–H and O–H groups in total. The largest absolute Gasteiger partial charge is 0.484 e. The Kier molecular flexibility index (Phi) is 5.45. The summed E-state index contributed by atoms with van der Waals surface area (Å²) in [6.07, 6.45) is -0.779. The molecule has 0 saturated heterocycles. The van der Waals surface area contributed by atoms with Crippen LogP contribution in [-0.4, -0.2) is 25.2 Å². The van der Waals surface area contributed by atoms with Gasteiger partial charge in [-0.2, -0.15) is 0 Å². The van der Waals surface area contributed by atoms with E-state index in [1.165, 1.54) is 0 Å². The van der Waals surface area contributed by atoms with Crippen LogP contribution in [-0.2, 0) is 9.53 Å². The highest BCUT2D eigenvalue weighted by molar-refractivity contribution is 6.31. The number of hydrogen-bond acceptors (Lipinski definition) is 4. The summed E-state index contributed by atoms with van der Waals surface area (Å²) in [5.74, 6) is -0.0584. The molecule has 1 aromatic rings. The first-order chi connectivity index (χ1) is 8.52.